The van der Waals surface area contributed by atoms with Crippen molar-refractivity contribution in [1.29, 1.82) is 0 Å². The van der Waals surface area contributed by atoms with Crippen LogP contribution in [-0.4, -0.2) is 26.1 Å². The molecule has 1 N–H and O–H groups in total. The minimum absolute atomic E-state index is 0.101. The summed E-state index contributed by atoms with van der Waals surface area (Å²) in [6.07, 6.45) is 0. The molecular formula is C10H7Cl2N3O2. The van der Waals surface area contributed by atoms with Gasteiger partial charge in [0.2, 0.25) is 0 Å². The van der Waals surface area contributed by atoms with Crippen LogP contribution in [-0.2, 0) is 0 Å². The summed E-state index contributed by atoms with van der Waals surface area (Å²) >= 11 is 11.8. The molecule has 2 aromatic rings. The smallest absolute Gasteiger partial charge is 0.358 e. The lowest BCUT2D eigenvalue weighted by Crippen LogP contribution is -2.03. The van der Waals surface area contributed by atoms with Crippen molar-refractivity contribution in [1.82, 2.24) is 15.0 Å². The number of carboxylic acids is 1. The molecule has 0 radical (unpaired) electrons. The van der Waals surface area contributed by atoms with E-state index < -0.39 is 5.97 Å². The summed E-state index contributed by atoms with van der Waals surface area (Å²) in [5.74, 6) is -1.13. The highest BCUT2D eigenvalue weighted by molar-refractivity contribution is 6.35. The highest BCUT2D eigenvalue weighted by Crippen LogP contribution is 2.25. The highest BCUT2D eigenvalue weighted by Gasteiger charge is 2.17. The zero-order chi connectivity index (χ0) is 12.6. The van der Waals surface area contributed by atoms with Crippen LogP contribution in [0, 0.1) is 6.92 Å². The third kappa shape index (κ3) is 2.11. The zero-order valence-corrected chi connectivity index (χ0v) is 10.2. The maximum absolute atomic E-state index is 10.8. The van der Waals surface area contributed by atoms with Crippen LogP contribution in [0.25, 0.3) is 5.69 Å². The Morgan fingerprint density at radius 1 is 1.41 bits per heavy atom. The molecule has 17 heavy (non-hydrogen) atoms. The van der Waals surface area contributed by atoms with Gasteiger partial charge in [-0.1, -0.05) is 28.4 Å². The van der Waals surface area contributed by atoms with E-state index in [9.17, 15) is 4.79 Å². The number of hydrogen-bond donors (Lipinski definition) is 1. The number of aromatic carboxylic acids is 1. The van der Waals surface area contributed by atoms with E-state index in [1.807, 2.05) is 0 Å². The van der Waals surface area contributed by atoms with Gasteiger partial charge in [0.25, 0.3) is 0 Å². The van der Waals surface area contributed by atoms with Gasteiger partial charge in [0.1, 0.15) is 0 Å². The van der Waals surface area contributed by atoms with Gasteiger partial charge in [-0.15, -0.1) is 5.10 Å². The summed E-state index contributed by atoms with van der Waals surface area (Å²) < 4.78 is 1.36. The van der Waals surface area contributed by atoms with Gasteiger partial charge >= 0.3 is 5.97 Å². The van der Waals surface area contributed by atoms with E-state index in [2.05, 4.69) is 10.3 Å². The summed E-state index contributed by atoms with van der Waals surface area (Å²) in [6, 6.07) is 4.85. The van der Waals surface area contributed by atoms with Gasteiger partial charge in [-0.3, -0.25) is 0 Å². The molecular weight excluding hydrogens is 265 g/mol. The molecule has 0 saturated carbocycles. The van der Waals surface area contributed by atoms with E-state index in [4.69, 9.17) is 28.3 Å². The van der Waals surface area contributed by atoms with Crippen LogP contribution < -0.4 is 0 Å². The number of benzene rings is 1. The van der Waals surface area contributed by atoms with Crippen LogP contribution in [0.2, 0.25) is 10.0 Å². The van der Waals surface area contributed by atoms with Gasteiger partial charge in [0, 0.05) is 5.02 Å². The minimum atomic E-state index is -1.13. The van der Waals surface area contributed by atoms with Gasteiger partial charge in [-0.2, -0.15) is 0 Å². The second-order valence-electron chi connectivity index (χ2n) is 3.34. The van der Waals surface area contributed by atoms with Gasteiger partial charge in [-0.25, -0.2) is 9.48 Å². The molecule has 1 heterocycles. The van der Waals surface area contributed by atoms with Gasteiger partial charge < -0.3 is 5.11 Å². The van der Waals surface area contributed by atoms with Gasteiger partial charge in [-0.05, 0) is 25.1 Å². The lowest BCUT2D eigenvalue weighted by atomic mass is 10.3. The Balaban J connectivity index is 2.57. The molecule has 0 saturated heterocycles. The Morgan fingerprint density at radius 3 is 2.65 bits per heavy atom. The Hall–Kier alpha value is -1.59. The van der Waals surface area contributed by atoms with Crippen molar-refractivity contribution in [3.05, 3.63) is 39.6 Å². The molecule has 0 atom stereocenters. The maximum Gasteiger partial charge on any atom is 0.358 e. The molecule has 0 aliphatic carbocycles. The Bertz CT molecular complexity index is 595. The minimum Gasteiger partial charge on any atom is -0.476 e. The average Bonchev–Trinajstić information content (AvgIpc) is 2.60. The standard InChI is InChI=1S/C10H7Cl2N3O2/c1-5-9(10(16)17)13-14-15(5)8-3-2-6(11)4-7(8)12/h2-4H,1H3,(H,16,17). The molecule has 0 unspecified atom stereocenters. The molecule has 0 aliphatic rings. The van der Waals surface area contributed by atoms with Crippen LogP contribution in [0.3, 0.4) is 0 Å². The molecule has 5 nitrogen and oxygen atoms in total. The summed E-state index contributed by atoms with van der Waals surface area (Å²) in [5, 5.41) is 17.1. The first-order valence-corrected chi connectivity index (χ1v) is 5.37. The highest BCUT2D eigenvalue weighted by atomic mass is 35.5. The second-order valence-corrected chi connectivity index (χ2v) is 4.18. The Labute approximate surface area is 107 Å². The molecule has 7 heteroatoms. The third-order valence-corrected chi connectivity index (χ3v) is 2.77. The lowest BCUT2D eigenvalue weighted by molar-refractivity contribution is 0.0689. The van der Waals surface area contributed by atoms with Gasteiger partial charge in [0.15, 0.2) is 5.69 Å². The largest absolute Gasteiger partial charge is 0.476 e. The number of aromatic nitrogens is 3. The monoisotopic (exact) mass is 271 g/mol. The first-order valence-electron chi connectivity index (χ1n) is 4.61. The fourth-order valence-corrected chi connectivity index (χ4v) is 1.90. The normalized spacial score (nSPS) is 10.5. The van der Waals surface area contributed by atoms with E-state index in [1.54, 1.807) is 25.1 Å². The molecule has 0 fully saturated rings. The van der Waals surface area contributed by atoms with Crippen LogP contribution in [0.4, 0.5) is 0 Å². The van der Waals surface area contributed by atoms with Crippen LogP contribution in [0.5, 0.6) is 0 Å². The average molecular weight is 272 g/mol. The van der Waals surface area contributed by atoms with Crippen LogP contribution in [0.15, 0.2) is 18.2 Å². The molecule has 0 bridgehead atoms. The van der Waals surface area contributed by atoms with Crippen molar-refractivity contribution >= 4 is 29.2 Å². The van der Waals surface area contributed by atoms with Crippen molar-refractivity contribution in [2.45, 2.75) is 6.92 Å². The molecule has 0 amide bonds. The summed E-state index contributed by atoms with van der Waals surface area (Å²) in [5.41, 5.74) is 0.839. The second kappa shape index (κ2) is 4.35. The molecule has 2 rings (SSSR count). The summed E-state index contributed by atoms with van der Waals surface area (Å²) in [6.45, 7) is 1.61. The number of carbonyl (C=O) groups is 1. The SMILES string of the molecule is Cc1c(C(=O)O)nnn1-c1ccc(Cl)cc1Cl. The first kappa shape index (κ1) is 11.9. The van der Waals surface area contributed by atoms with E-state index in [1.165, 1.54) is 4.68 Å². The number of hydrogen-bond acceptors (Lipinski definition) is 3. The summed E-state index contributed by atoms with van der Waals surface area (Å²) in [7, 11) is 0. The maximum atomic E-state index is 10.8. The van der Waals surface area contributed by atoms with Crippen molar-refractivity contribution in [2.24, 2.45) is 0 Å². The molecule has 1 aromatic carbocycles. The van der Waals surface area contributed by atoms with Crippen LogP contribution >= 0.6 is 23.2 Å². The number of carboxylic acid groups (broad SMARTS) is 1. The molecule has 0 spiro atoms. The lowest BCUT2D eigenvalue weighted by Gasteiger charge is -2.05. The Kier molecular flexibility index (Phi) is 3.04. The molecule has 1 aromatic heterocycles. The van der Waals surface area contributed by atoms with Crippen molar-refractivity contribution < 1.29 is 9.90 Å². The first-order chi connectivity index (χ1) is 8.00. The van der Waals surface area contributed by atoms with Crippen molar-refractivity contribution in [2.75, 3.05) is 0 Å². The van der Waals surface area contributed by atoms with Gasteiger partial charge in [0.05, 0.1) is 16.4 Å². The fraction of sp³-hybridized carbons (Fsp3) is 0.100. The predicted octanol–water partition coefficient (Wildman–Crippen LogP) is 2.58. The van der Waals surface area contributed by atoms with E-state index >= 15 is 0 Å². The van der Waals surface area contributed by atoms with E-state index in [0.29, 0.717) is 21.4 Å². The van der Waals surface area contributed by atoms with Crippen LogP contribution in [0.1, 0.15) is 16.2 Å². The quantitative estimate of drug-likeness (QED) is 0.912. The third-order valence-electron chi connectivity index (χ3n) is 2.24. The fourth-order valence-electron chi connectivity index (χ4n) is 1.41. The zero-order valence-electron chi connectivity index (χ0n) is 8.69. The topological polar surface area (TPSA) is 68.0 Å². The Morgan fingerprint density at radius 2 is 2.12 bits per heavy atom. The molecule has 0 aliphatic heterocycles. The molecule has 88 valence electrons. The van der Waals surface area contributed by atoms with E-state index in [-0.39, 0.29) is 5.69 Å². The predicted molar refractivity (Wildman–Crippen MR) is 63.1 cm³/mol. The summed E-state index contributed by atoms with van der Waals surface area (Å²) in [4.78, 5) is 10.8. The van der Waals surface area contributed by atoms with Crippen molar-refractivity contribution in [3.63, 3.8) is 0 Å². The van der Waals surface area contributed by atoms with Crippen molar-refractivity contribution in [3.8, 4) is 5.69 Å². The number of nitrogens with zero attached hydrogens (tertiary/aromatic N) is 3. The number of halogens is 2. The van der Waals surface area contributed by atoms with E-state index in [0.717, 1.165) is 0 Å². The number of rotatable bonds is 2.